The lowest BCUT2D eigenvalue weighted by Gasteiger charge is -2.14. The van der Waals surface area contributed by atoms with Gasteiger partial charge in [0.2, 0.25) is 0 Å². The Morgan fingerprint density at radius 1 is 1.08 bits per heavy atom. The molecule has 1 aromatic carbocycles. The lowest BCUT2D eigenvalue weighted by Crippen LogP contribution is -2.26. The van der Waals surface area contributed by atoms with Crippen molar-refractivity contribution in [2.45, 2.75) is 46.2 Å². The Kier molecular flexibility index (Phi) is 6.76. The molecule has 0 aliphatic carbocycles. The normalized spacial score (nSPS) is 11.1. The van der Waals surface area contributed by atoms with Gasteiger partial charge in [0.1, 0.15) is 11.9 Å². The Labute approximate surface area is 213 Å². The van der Waals surface area contributed by atoms with Crippen molar-refractivity contribution in [3.05, 3.63) is 88.5 Å². The molecule has 0 fully saturated rings. The van der Waals surface area contributed by atoms with Gasteiger partial charge in [0.05, 0.1) is 12.1 Å². The summed E-state index contributed by atoms with van der Waals surface area (Å²) in [5, 5.41) is 24.1. The third kappa shape index (κ3) is 4.47. The molecule has 1 N–H and O–H groups in total. The minimum atomic E-state index is -0.182. The van der Waals surface area contributed by atoms with Crippen LogP contribution >= 0.6 is 0 Å². The molecule has 0 bridgehead atoms. The lowest BCUT2D eigenvalue weighted by atomic mass is 9.96. The molecular formula is C27H27N9O. The Balaban J connectivity index is 1.64. The van der Waals surface area contributed by atoms with Crippen LogP contribution in [0.15, 0.2) is 66.0 Å². The summed E-state index contributed by atoms with van der Waals surface area (Å²) in [7, 11) is 0. The van der Waals surface area contributed by atoms with Crippen molar-refractivity contribution in [2.24, 2.45) is 0 Å². The number of aromatic nitrogens is 8. The van der Waals surface area contributed by atoms with Crippen molar-refractivity contribution < 1.29 is 0 Å². The predicted molar refractivity (Wildman–Crippen MR) is 139 cm³/mol. The first-order valence-electron chi connectivity index (χ1n) is 12.3. The van der Waals surface area contributed by atoms with E-state index in [0.29, 0.717) is 30.3 Å². The van der Waals surface area contributed by atoms with E-state index in [9.17, 15) is 10.1 Å². The van der Waals surface area contributed by atoms with Gasteiger partial charge >= 0.3 is 5.69 Å². The van der Waals surface area contributed by atoms with Crippen LogP contribution in [0.1, 0.15) is 43.5 Å². The van der Waals surface area contributed by atoms with Crippen molar-refractivity contribution in [3.8, 4) is 34.4 Å². The Morgan fingerprint density at radius 2 is 1.92 bits per heavy atom. The van der Waals surface area contributed by atoms with Crippen LogP contribution in [0.2, 0.25) is 0 Å². The molecule has 4 heterocycles. The number of hydrogen-bond acceptors (Lipinski definition) is 6. The van der Waals surface area contributed by atoms with Gasteiger partial charge in [-0.05, 0) is 59.0 Å². The first kappa shape index (κ1) is 23.9. The molecule has 5 rings (SSSR count). The molecule has 0 unspecified atom stereocenters. The highest BCUT2D eigenvalue weighted by molar-refractivity contribution is 5.81. The number of hydrogen-bond donors (Lipinski definition) is 1. The molecule has 0 atom stereocenters. The average molecular weight is 494 g/mol. The molecule has 5 aromatic rings. The van der Waals surface area contributed by atoms with Crippen molar-refractivity contribution in [1.82, 2.24) is 39.3 Å². The van der Waals surface area contributed by atoms with Gasteiger partial charge in [-0.15, -0.1) is 5.10 Å². The van der Waals surface area contributed by atoms with Crippen molar-refractivity contribution in [2.75, 3.05) is 0 Å². The molecular weight excluding hydrogens is 466 g/mol. The fourth-order valence-electron chi connectivity index (χ4n) is 4.66. The number of benzene rings is 1. The Morgan fingerprint density at radius 3 is 2.65 bits per heavy atom. The van der Waals surface area contributed by atoms with Gasteiger partial charge in [0.15, 0.2) is 5.82 Å². The van der Waals surface area contributed by atoms with Crippen molar-refractivity contribution >= 4 is 0 Å². The first-order chi connectivity index (χ1) is 18.2. The number of rotatable bonds is 9. The monoisotopic (exact) mass is 493 g/mol. The second-order valence-corrected chi connectivity index (χ2v) is 8.74. The van der Waals surface area contributed by atoms with Gasteiger partial charge in [0.25, 0.3) is 0 Å². The van der Waals surface area contributed by atoms with E-state index in [1.807, 2.05) is 54.2 Å². The second-order valence-electron chi connectivity index (χ2n) is 8.74. The zero-order valence-electron chi connectivity index (χ0n) is 20.8. The third-order valence-electron chi connectivity index (χ3n) is 6.52. The first-order valence-corrected chi connectivity index (χ1v) is 12.3. The number of aryl methyl sites for hydroxylation is 2. The van der Waals surface area contributed by atoms with Gasteiger partial charge in [-0.25, -0.2) is 9.89 Å². The van der Waals surface area contributed by atoms with E-state index in [2.05, 4.69) is 38.6 Å². The third-order valence-corrected chi connectivity index (χ3v) is 6.52. The maximum atomic E-state index is 13.8. The van der Waals surface area contributed by atoms with Crippen LogP contribution in [-0.2, 0) is 19.5 Å². The second kappa shape index (κ2) is 10.5. The van der Waals surface area contributed by atoms with Crippen LogP contribution < -0.4 is 5.69 Å². The standard InChI is InChI=1S/C27H27N9O/c1-3-5-8-21-18-36(26-19(15-28)12-14-34(26)4-2)27(37)35(21)17-20-16-29-13-11-22(20)23-9-6-7-10-24(23)25-30-32-33-31-25/h6-7,9-14,16,18H,3-5,8,17H2,1-2H3,(H,30,31,32,33). The minimum Gasteiger partial charge on any atom is -0.333 e. The summed E-state index contributed by atoms with van der Waals surface area (Å²) >= 11 is 0. The van der Waals surface area contributed by atoms with Gasteiger partial charge in [-0.1, -0.05) is 37.6 Å². The van der Waals surface area contributed by atoms with Gasteiger partial charge in [0, 0.05) is 42.6 Å². The Hall–Kier alpha value is -4.78. The number of aromatic amines is 1. The van der Waals surface area contributed by atoms with Crippen LogP contribution in [0, 0.1) is 11.3 Å². The highest BCUT2D eigenvalue weighted by Crippen LogP contribution is 2.32. The number of H-pyrrole nitrogens is 1. The molecule has 0 radical (unpaired) electrons. The molecule has 4 aromatic heterocycles. The van der Waals surface area contributed by atoms with Crippen LogP contribution in [0.4, 0.5) is 0 Å². The number of imidazole rings is 1. The van der Waals surface area contributed by atoms with Crippen LogP contribution in [-0.4, -0.2) is 39.3 Å². The number of nitrogens with zero attached hydrogens (tertiary/aromatic N) is 8. The van der Waals surface area contributed by atoms with E-state index in [1.54, 1.807) is 27.6 Å². The summed E-state index contributed by atoms with van der Waals surface area (Å²) < 4.78 is 5.32. The van der Waals surface area contributed by atoms with Gasteiger partial charge < -0.3 is 4.57 Å². The summed E-state index contributed by atoms with van der Waals surface area (Å²) in [5.41, 5.74) is 4.84. The van der Waals surface area contributed by atoms with Gasteiger partial charge in [-0.3, -0.25) is 14.1 Å². The van der Waals surface area contributed by atoms with E-state index in [1.165, 1.54) is 0 Å². The fourth-order valence-corrected chi connectivity index (χ4v) is 4.66. The molecule has 0 saturated carbocycles. The average Bonchev–Trinajstić information content (AvgIpc) is 3.68. The molecule has 10 nitrogen and oxygen atoms in total. The summed E-state index contributed by atoms with van der Waals surface area (Å²) in [6.45, 7) is 5.11. The summed E-state index contributed by atoms with van der Waals surface area (Å²) in [6.07, 6.45) is 9.97. The van der Waals surface area contributed by atoms with E-state index >= 15 is 0 Å². The smallest absolute Gasteiger partial charge is 0.333 e. The fraction of sp³-hybridized carbons (Fsp3) is 0.259. The van der Waals surface area contributed by atoms with Crippen LogP contribution in [0.3, 0.4) is 0 Å². The van der Waals surface area contributed by atoms with E-state index in [0.717, 1.165) is 47.2 Å². The molecule has 0 aliphatic rings. The zero-order chi connectivity index (χ0) is 25.8. The number of unbranched alkanes of at least 4 members (excludes halogenated alkanes) is 1. The molecule has 0 spiro atoms. The summed E-state index contributed by atoms with van der Waals surface area (Å²) in [6, 6.07) is 13.8. The quantitative estimate of drug-likeness (QED) is 0.331. The van der Waals surface area contributed by atoms with Crippen molar-refractivity contribution in [3.63, 3.8) is 0 Å². The number of pyridine rings is 1. The lowest BCUT2D eigenvalue weighted by molar-refractivity contribution is 0.664. The topological polar surface area (TPSA) is 123 Å². The highest BCUT2D eigenvalue weighted by Gasteiger charge is 2.20. The SMILES string of the molecule is CCCCc1cn(-c2c(C#N)ccn2CC)c(=O)n1Cc1cnccc1-c1ccccc1-c1nnn[nH]1. The molecule has 37 heavy (non-hydrogen) atoms. The summed E-state index contributed by atoms with van der Waals surface area (Å²) in [4.78, 5) is 18.2. The molecule has 0 aliphatic heterocycles. The molecule has 0 amide bonds. The van der Waals surface area contributed by atoms with Crippen LogP contribution in [0.25, 0.3) is 28.3 Å². The predicted octanol–water partition coefficient (Wildman–Crippen LogP) is 3.97. The molecule has 0 saturated heterocycles. The largest absolute Gasteiger partial charge is 0.334 e. The summed E-state index contributed by atoms with van der Waals surface area (Å²) in [5.74, 6) is 1.16. The van der Waals surface area contributed by atoms with Gasteiger partial charge in [-0.2, -0.15) is 5.26 Å². The number of nitriles is 1. The van der Waals surface area contributed by atoms with E-state index in [4.69, 9.17) is 0 Å². The van der Waals surface area contributed by atoms with Crippen LogP contribution in [0.5, 0.6) is 0 Å². The number of tetrazole rings is 1. The molecule has 186 valence electrons. The minimum absolute atomic E-state index is 0.182. The van der Waals surface area contributed by atoms with Crippen molar-refractivity contribution in [1.29, 1.82) is 5.26 Å². The molecule has 10 heteroatoms. The van der Waals surface area contributed by atoms with E-state index < -0.39 is 0 Å². The zero-order valence-corrected chi connectivity index (χ0v) is 20.8. The maximum absolute atomic E-state index is 13.8. The Bertz CT molecular complexity index is 1620. The van der Waals surface area contributed by atoms with E-state index in [-0.39, 0.29) is 5.69 Å². The number of nitrogens with one attached hydrogen (secondary N) is 1. The maximum Gasteiger partial charge on any atom is 0.334 e. The highest BCUT2D eigenvalue weighted by atomic mass is 16.1.